The predicted octanol–water partition coefficient (Wildman–Crippen LogP) is 1.79. The second-order valence-electron chi connectivity index (χ2n) is 4.90. The van der Waals surface area contributed by atoms with Crippen LogP contribution in [0, 0.1) is 39.9 Å². The van der Waals surface area contributed by atoms with Gasteiger partial charge in [-0.15, -0.1) is 0 Å². The Kier molecular flexibility index (Phi) is 3.17. The second kappa shape index (κ2) is 4.04. The van der Waals surface area contributed by atoms with Crippen molar-refractivity contribution in [3.63, 3.8) is 0 Å². The van der Waals surface area contributed by atoms with Crippen LogP contribution in [0.3, 0.4) is 0 Å². The number of likely N-dealkylation sites (N-methyl/N-ethyl adjacent to an activating group) is 1. The van der Waals surface area contributed by atoms with Crippen LogP contribution >= 0.6 is 0 Å². The maximum absolute atomic E-state index is 9.18. The normalized spacial score (nSPS) is 33.4. The Bertz CT molecular complexity index is 341. The summed E-state index contributed by atoms with van der Waals surface area (Å²) < 4.78 is 0. The fourth-order valence-corrected chi connectivity index (χ4v) is 2.12. The van der Waals surface area contributed by atoms with Gasteiger partial charge in [0.15, 0.2) is 0 Å². The summed E-state index contributed by atoms with van der Waals surface area (Å²) in [5, 5.41) is 18.4. The molecule has 0 saturated carbocycles. The van der Waals surface area contributed by atoms with Gasteiger partial charge in [0.1, 0.15) is 0 Å². The minimum Gasteiger partial charge on any atom is -0.302 e. The molecule has 0 radical (unpaired) electrons. The molecular formula is C12H17N3. The average Bonchev–Trinajstić information content (AvgIpc) is 2.15. The molecule has 1 aliphatic rings. The van der Waals surface area contributed by atoms with Crippen molar-refractivity contribution >= 4 is 0 Å². The highest BCUT2D eigenvalue weighted by Crippen LogP contribution is 2.40. The van der Waals surface area contributed by atoms with Crippen LogP contribution in [0.25, 0.3) is 0 Å². The molecular weight excluding hydrogens is 186 g/mol. The average molecular weight is 203 g/mol. The van der Waals surface area contributed by atoms with Crippen LogP contribution in [0.2, 0.25) is 0 Å². The van der Waals surface area contributed by atoms with Crippen LogP contribution in [0.4, 0.5) is 0 Å². The first-order valence-corrected chi connectivity index (χ1v) is 5.09. The molecule has 0 spiro atoms. The van der Waals surface area contributed by atoms with E-state index in [1.54, 1.807) is 0 Å². The SMILES string of the molecule is CN(C)[C@@H]1C=CC(C)(C)[C@@H](C#N)[C@@H]1C#N. The first kappa shape index (κ1) is 11.8. The molecule has 15 heavy (non-hydrogen) atoms. The smallest absolute Gasteiger partial charge is 0.0820 e. The summed E-state index contributed by atoms with van der Waals surface area (Å²) in [7, 11) is 3.87. The highest BCUT2D eigenvalue weighted by molar-refractivity contribution is 5.21. The monoisotopic (exact) mass is 203 g/mol. The van der Waals surface area contributed by atoms with Gasteiger partial charge in [0.2, 0.25) is 0 Å². The summed E-state index contributed by atoms with van der Waals surface area (Å²) in [6.45, 7) is 4.02. The Morgan fingerprint density at radius 1 is 1.20 bits per heavy atom. The van der Waals surface area contributed by atoms with Crippen LogP contribution in [-0.4, -0.2) is 25.0 Å². The largest absolute Gasteiger partial charge is 0.302 e. The lowest BCUT2D eigenvalue weighted by Crippen LogP contribution is -2.44. The highest BCUT2D eigenvalue weighted by Gasteiger charge is 2.42. The van der Waals surface area contributed by atoms with Gasteiger partial charge >= 0.3 is 0 Å². The van der Waals surface area contributed by atoms with Crippen LogP contribution < -0.4 is 0 Å². The van der Waals surface area contributed by atoms with Gasteiger partial charge < -0.3 is 4.90 Å². The van der Waals surface area contributed by atoms with Gasteiger partial charge in [0, 0.05) is 6.04 Å². The first-order chi connectivity index (χ1) is 6.94. The van der Waals surface area contributed by atoms with Crippen LogP contribution in [0.5, 0.6) is 0 Å². The van der Waals surface area contributed by atoms with E-state index in [0.29, 0.717) is 0 Å². The Morgan fingerprint density at radius 3 is 2.20 bits per heavy atom. The molecule has 0 aliphatic heterocycles. The van der Waals surface area contributed by atoms with E-state index in [-0.39, 0.29) is 23.3 Å². The lowest BCUT2D eigenvalue weighted by molar-refractivity contribution is 0.178. The molecule has 0 saturated heterocycles. The number of hydrogen-bond acceptors (Lipinski definition) is 3. The number of hydrogen-bond donors (Lipinski definition) is 0. The van der Waals surface area contributed by atoms with Gasteiger partial charge in [-0.25, -0.2) is 0 Å². The molecule has 0 bridgehead atoms. The fourth-order valence-electron chi connectivity index (χ4n) is 2.12. The Morgan fingerprint density at radius 2 is 1.80 bits per heavy atom. The minimum absolute atomic E-state index is 0.0488. The zero-order chi connectivity index (χ0) is 11.6. The quantitative estimate of drug-likeness (QED) is 0.610. The maximum Gasteiger partial charge on any atom is 0.0820 e. The van der Waals surface area contributed by atoms with Gasteiger partial charge in [0.05, 0.1) is 24.0 Å². The van der Waals surface area contributed by atoms with Crippen molar-refractivity contribution in [1.82, 2.24) is 4.90 Å². The summed E-state index contributed by atoms with van der Waals surface area (Å²) in [4.78, 5) is 1.99. The van der Waals surface area contributed by atoms with Crippen molar-refractivity contribution in [2.45, 2.75) is 19.9 Å². The van der Waals surface area contributed by atoms with E-state index in [1.165, 1.54) is 0 Å². The van der Waals surface area contributed by atoms with Crippen LogP contribution in [0.15, 0.2) is 12.2 Å². The van der Waals surface area contributed by atoms with Crippen LogP contribution in [0.1, 0.15) is 13.8 Å². The Balaban J connectivity index is 3.12. The van der Waals surface area contributed by atoms with E-state index in [0.717, 1.165) is 0 Å². The second-order valence-corrected chi connectivity index (χ2v) is 4.90. The lowest BCUT2D eigenvalue weighted by atomic mass is 9.66. The topological polar surface area (TPSA) is 50.8 Å². The molecule has 0 heterocycles. The molecule has 0 amide bonds. The van der Waals surface area contributed by atoms with Crippen molar-refractivity contribution in [3.05, 3.63) is 12.2 Å². The third-order valence-electron chi connectivity index (χ3n) is 3.14. The van der Waals surface area contributed by atoms with E-state index in [1.807, 2.05) is 38.9 Å². The molecule has 3 atom stereocenters. The summed E-state index contributed by atoms with van der Waals surface area (Å²) in [5.74, 6) is -0.482. The van der Waals surface area contributed by atoms with Crippen molar-refractivity contribution in [3.8, 4) is 12.1 Å². The third kappa shape index (κ3) is 2.03. The molecule has 0 aromatic heterocycles. The van der Waals surface area contributed by atoms with Crippen molar-refractivity contribution in [2.24, 2.45) is 17.3 Å². The molecule has 1 rings (SSSR count). The van der Waals surface area contributed by atoms with E-state index < -0.39 is 0 Å². The molecule has 3 nitrogen and oxygen atoms in total. The van der Waals surface area contributed by atoms with Gasteiger partial charge in [-0.05, 0) is 19.5 Å². The van der Waals surface area contributed by atoms with Crippen molar-refractivity contribution < 1.29 is 0 Å². The third-order valence-corrected chi connectivity index (χ3v) is 3.14. The van der Waals surface area contributed by atoms with Crippen LogP contribution in [-0.2, 0) is 0 Å². The molecule has 0 aromatic rings. The summed E-state index contributed by atoms with van der Waals surface area (Å²) in [6, 6.07) is 4.60. The minimum atomic E-state index is -0.245. The van der Waals surface area contributed by atoms with E-state index >= 15 is 0 Å². The van der Waals surface area contributed by atoms with Gasteiger partial charge in [0.25, 0.3) is 0 Å². The zero-order valence-corrected chi connectivity index (χ0v) is 9.73. The van der Waals surface area contributed by atoms with E-state index in [9.17, 15) is 10.5 Å². The van der Waals surface area contributed by atoms with Gasteiger partial charge in [-0.1, -0.05) is 26.0 Å². The molecule has 0 fully saturated rings. The maximum atomic E-state index is 9.18. The molecule has 0 unspecified atom stereocenters. The summed E-state index contributed by atoms with van der Waals surface area (Å²) in [6.07, 6.45) is 4.10. The zero-order valence-electron chi connectivity index (χ0n) is 9.73. The summed E-state index contributed by atoms with van der Waals surface area (Å²) >= 11 is 0. The number of allylic oxidation sites excluding steroid dienone is 1. The van der Waals surface area contributed by atoms with Gasteiger partial charge in [-0.2, -0.15) is 10.5 Å². The number of nitrogens with zero attached hydrogens (tertiary/aromatic N) is 3. The number of nitriles is 2. The standard InChI is InChI=1S/C12H17N3/c1-12(2)6-5-11(15(3)4)9(7-13)10(12)8-14/h5-6,9-11H,1-4H3/t9-,10-,11+/m0/s1. The fraction of sp³-hybridized carbons (Fsp3) is 0.667. The Labute approximate surface area is 91.6 Å². The number of rotatable bonds is 1. The van der Waals surface area contributed by atoms with E-state index in [2.05, 4.69) is 18.2 Å². The lowest BCUT2D eigenvalue weighted by Gasteiger charge is -2.39. The first-order valence-electron chi connectivity index (χ1n) is 5.09. The molecule has 0 N–H and O–H groups in total. The van der Waals surface area contributed by atoms with E-state index in [4.69, 9.17) is 0 Å². The van der Waals surface area contributed by atoms with Crippen molar-refractivity contribution in [2.75, 3.05) is 14.1 Å². The molecule has 3 heteroatoms. The molecule has 0 aromatic carbocycles. The Hall–Kier alpha value is -1.32. The predicted molar refractivity (Wildman–Crippen MR) is 58.6 cm³/mol. The molecule has 1 aliphatic carbocycles. The van der Waals surface area contributed by atoms with Gasteiger partial charge in [-0.3, -0.25) is 0 Å². The van der Waals surface area contributed by atoms with Crippen molar-refractivity contribution in [1.29, 1.82) is 10.5 Å². The highest BCUT2D eigenvalue weighted by atomic mass is 15.1. The summed E-state index contributed by atoms with van der Waals surface area (Å²) in [5.41, 5.74) is -0.207. The molecule has 80 valence electrons.